The smallest absolute Gasteiger partial charge is 0.253 e. The van der Waals surface area contributed by atoms with Crippen LogP contribution in [0.5, 0.6) is 0 Å². The third kappa shape index (κ3) is 5.31. The first kappa shape index (κ1) is 22.0. The van der Waals surface area contributed by atoms with E-state index in [0.29, 0.717) is 27.6 Å². The van der Waals surface area contributed by atoms with Crippen LogP contribution in [0.25, 0.3) is 0 Å². The fraction of sp³-hybridized carbons (Fsp3) is 0.458. The van der Waals surface area contributed by atoms with E-state index in [4.69, 9.17) is 34.8 Å². The van der Waals surface area contributed by atoms with Gasteiger partial charge in [0.2, 0.25) is 0 Å². The molecule has 0 aromatic heterocycles. The molecule has 160 valence electrons. The maximum absolute atomic E-state index is 12.8. The van der Waals surface area contributed by atoms with E-state index >= 15 is 0 Å². The third-order valence-corrected chi connectivity index (χ3v) is 7.33. The largest absolute Gasteiger partial charge is 0.348 e. The van der Waals surface area contributed by atoms with E-state index in [1.807, 2.05) is 12.1 Å². The predicted octanol–water partition coefficient (Wildman–Crippen LogP) is 6.25. The summed E-state index contributed by atoms with van der Waals surface area (Å²) in [6.07, 6.45) is 6.82. The van der Waals surface area contributed by atoms with Crippen molar-refractivity contribution in [3.63, 3.8) is 0 Å². The van der Waals surface area contributed by atoms with Crippen molar-refractivity contribution < 1.29 is 4.79 Å². The lowest BCUT2D eigenvalue weighted by Crippen LogP contribution is -2.51. The molecule has 0 unspecified atom stereocenters. The van der Waals surface area contributed by atoms with Crippen LogP contribution in [0.3, 0.4) is 0 Å². The Morgan fingerprint density at radius 2 is 1.63 bits per heavy atom. The van der Waals surface area contributed by atoms with Gasteiger partial charge in [-0.15, -0.1) is 0 Å². The lowest BCUT2D eigenvalue weighted by Gasteiger charge is -2.38. The average molecular weight is 466 g/mol. The Labute approximate surface area is 193 Å². The van der Waals surface area contributed by atoms with E-state index in [1.165, 1.54) is 18.4 Å². The number of hydrogen-bond acceptors (Lipinski definition) is 2. The van der Waals surface area contributed by atoms with Gasteiger partial charge in [0.1, 0.15) is 0 Å². The second-order valence-corrected chi connectivity index (χ2v) is 9.79. The highest BCUT2D eigenvalue weighted by atomic mass is 35.5. The van der Waals surface area contributed by atoms with Gasteiger partial charge in [0.05, 0.1) is 10.6 Å². The van der Waals surface area contributed by atoms with Crippen LogP contribution in [-0.4, -0.2) is 36.0 Å². The van der Waals surface area contributed by atoms with E-state index in [2.05, 4.69) is 22.3 Å². The number of amides is 1. The van der Waals surface area contributed by atoms with E-state index in [0.717, 1.165) is 43.8 Å². The highest BCUT2D eigenvalue weighted by Gasteiger charge is 2.35. The molecular weight excluding hydrogens is 439 g/mol. The minimum Gasteiger partial charge on any atom is -0.348 e. The van der Waals surface area contributed by atoms with Crippen molar-refractivity contribution in [1.82, 2.24) is 10.2 Å². The minimum absolute atomic E-state index is 0.105. The summed E-state index contributed by atoms with van der Waals surface area (Å²) in [5.74, 6) is 0.607. The molecule has 2 atom stereocenters. The predicted molar refractivity (Wildman–Crippen MR) is 125 cm³/mol. The Hall–Kier alpha value is -1.26. The number of carbonyl (C=O) groups is 1. The summed E-state index contributed by atoms with van der Waals surface area (Å²) in [4.78, 5) is 15.4. The molecule has 1 aliphatic carbocycles. The van der Waals surface area contributed by atoms with Crippen LogP contribution < -0.4 is 5.32 Å². The van der Waals surface area contributed by atoms with E-state index in [-0.39, 0.29) is 11.9 Å². The molecule has 1 N–H and O–H groups in total. The van der Waals surface area contributed by atoms with Gasteiger partial charge in [0, 0.05) is 22.1 Å². The van der Waals surface area contributed by atoms with Gasteiger partial charge < -0.3 is 5.32 Å². The molecule has 3 nitrogen and oxygen atoms in total. The van der Waals surface area contributed by atoms with Crippen LogP contribution >= 0.6 is 34.8 Å². The topological polar surface area (TPSA) is 32.3 Å². The second kappa shape index (κ2) is 9.91. The molecule has 1 saturated carbocycles. The van der Waals surface area contributed by atoms with Gasteiger partial charge in [-0.2, -0.15) is 0 Å². The third-order valence-electron chi connectivity index (χ3n) is 6.53. The summed E-state index contributed by atoms with van der Waals surface area (Å²) in [7, 11) is 0. The Morgan fingerprint density at radius 3 is 2.33 bits per heavy atom. The molecule has 0 bridgehead atoms. The second-order valence-electron chi connectivity index (χ2n) is 8.51. The van der Waals surface area contributed by atoms with Crippen LogP contribution in [0.15, 0.2) is 42.5 Å². The fourth-order valence-electron chi connectivity index (χ4n) is 4.91. The van der Waals surface area contributed by atoms with Gasteiger partial charge in [-0.1, -0.05) is 46.9 Å². The molecule has 0 spiro atoms. The Bertz CT molecular complexity index is 879. The zero-order chi connectivity index (χ0) is 21.1. The standard InChI is InChI=1S/C24H27Cl3N2O/c25-18-6-4-16(5-7-18)14-17-10-12-29(13-11-17)23-3-1-2-22(23)28-24(30)20-9-8-19(26)15-21(20)27/h4-9,15,17,22-23H,1-3,10-14H2,(H,28,30)/t22-,23-/m1/s1. The van der Waals surface area contributed by atoms with Crippen LogP contribution in [0, 0.1) is 5.92 Å². The van der Waals surface area contributed by atoms with Crippen LogP contribution in [0.2, 0.25) is 15.1 Å². The number of likely N-dealkylation sites (tertiary alicyclic amines) is 1. The number of piperidine rings is 1. The molecular formula is C24H27Cl3N2O. The number of carbonyl (C=O) groups excluding carboxylic acids is 1. The lowest BCUT2D eigenvalue weighted by molar-refractivity contribution is 0.0862. The Kier molecular flexibility index (Phi) is 7.25. The molecule has 1 amide bonds. The van der Waals surface area contributed by atoms with Crippen LogP contribution in [-0.2, 0) is 6.42 Å². The maximum Gasteiger partial charge on any atom is 0.253 e. The van der Waals surface area contributed by atoms with Crippen molar-refractivity contribution in [3.8, 4) is 0 Å². The molecule has 1 aliphatic heterocycles. The van der Waals surface area contributed by atoms with Crippen molar-refractivity contribution in [3.05, 3.63) is 68.7 Å². The molecule has 1 heterocycles. The fourth-order valence-corrected chi connectivity index (χ4v) is 5.53. The molecule has 4 rings (SSSR count). The first-order chi connectivity index (χ1) is 14.5. The number of hydrogen-bond donors (Lipinski definition) is 1. The molecule has 1 saturated heterocycles. The highest BCUT2D eigenvalue weighted by molar-refractivity contribution is 6.36. The van der Waals surface area contributed by atoms with Crippen LogP contribution in [0.1, 0.15) is 48.0 Å². The summed E-state index contributed by atoms with van der Waals surface area (Å²) in [5, 5.41) is 4.97. The first-order valence-corrected chi connectivity index (χ1v) is 11.9. The van der Waals surface area contributed by atoms with Crippen molar-refractivity contribution in [2.45, 2.75) is 50.6 Å². The number of halogens is 3. The highest BCUT2D eigenvalue weighted by Crippen LogP contribution is 2.30. The average Bonchev–Trinajstić information content (AvgIpc) is 3.18. The Morgan fingerprint density at radius 1 is 0.933 bits per heavy atom. The van der Waals surface area contributed by atoms with Crippen molar-refractivity contribution in [2.75, 3.05) is 13.1 Å². The summed E-state index contributed by atoms with van der Waals surface area (Å²) in [5.41, 5.74) is 1.86. The molecule has 2 aromatic rings. The Balaban J connectivity index is 1.31. The zero-order valence-corrected chi connectivity index (χ0v) is 19.2. The molecule has 6 heteroatoms. The zero-order valence-electron chi connectivity index (χ0n) is 16.9. The molecule has 2 aliphatic rings. The summed E-state index contributed by atoms with van der Waals surface area (Å²) in [6, 6.07) is 13.9. The van der Waals surface area contributed by atoms with E-state index in [9.17, 15) is 4.79 Å². The van der Waals surface area contributed by atoms with Crippen LogP contribution in [0.4, 0.5) is 0 Å². The molecule has 2 fully saturated rings. The number of benzene rings is 2. The monoisotopic (exact) mass is 464 g/mol. The number of nitrogens with zero attached hydrogens (tertiary/aromatic N) is 1. The van der Waals surface area contributed by atoms with Gasteiger partial charge in [0.25, 0.3) is 5.91 Å². The van der Waals surface area contributed by atoms with Crippen molar-refractivity contribution in [2.24, 2.45) is 5.92 Å². The van der Waals surface area contributed by atoms with Gasteiger partial charge in [-0.3, -0.25) is 9.69 Å². The van der Waals surface area contributed by atoms with E-state index < -0.39 is 0 Å². The summed E-state index contributed by atoms with van der Waals surface area (Å²) >= 11 is 18.2. The normalized spacial score (nSPS) is 22.9. The lowest BCUT2D eigenvalue weighted by atomic mass is 9.89. The van der Waals surface area contributed by atoms with Gasteiger partial charge in [-0.05, 0) is 93.4 Å². The molecule has 30 heavy (non-hydrogen) atoms. The summed E-state index contributed by atoms with van der Waals surface area (Å²) in [6.45, 7) is 2.19. The van der Waals surface area contributed by atoms with Crippen molar-refractivity contribution in [1.29, 1.82) is 0 Å². The van der Waals surface area contributed by atoms with Gasteiger partial charge in [0.15, 0.2) is 0 Å². The number of rotatable bonds is 5. The maximum atomic E-state index is 12.8. The SMILES string of the molecule is O=C(N[C@@H]1CCC[C@H]1N1CCC(Cc2ccc(Cl)cc2)CC1)c1ccc(Cl)cc1Cl. The van der Waals surface area contributed by atoms with Crippen molar-refractivity contribution >= 4 is 40.7 Å². The first-order valence-electron chi connectivity index (χ1n) is 10.7. The number of nitrogens with one attached hydrogen (secondary N) is 1. The molecule has 2 aromatic carbocycles. The minimum atomic E-state index is -0.105. The molecule has 0 radical (unpaired) electrons. The van der Waals surface area contributed by atoms with Gasteiger partial charge >= 0.3 is 0 Å². The van der Waals surface area contributed by atoms with Gasteiger partial charge in [-0.25, -0.2) is 0 Å². The summed E-state index contributed by atoms with van der Waals surface area (Å²) < 4.78 is 0. The van der Waals surface area contributed by atoms with E-state index in [1.54, 1.807) is 18.2 Å². The quantitative estimate of drug-likeness (QED) is 0.566.